The van der Waals surface area contributed by atoms with Crippen LogP contribution < -0.4 is 9.64 Å². The van der Waals surface area contributed by atoms with Gasteiger partial charge in [0.25, 0.3) is 0 Å². The summed E-state index contributed by atoms with van der Waals surface area (Å²) in [5, 5.41) is 20.8. The molecule has 1 saturated carbocycles. The molecule has 0 spiro atoms. The first-order valence-electron chi connectivity index (χ1n) is 15.5. The summed E-state index contributed by atoms with van der Waals surface area (Å²) in [7, 11) is 1.41. The molecule has 4 amide bonds. The molecule has 0 unspecified atom stereocenters. The van der Waals surface area contributed by atoms with E-state index in [1.807, 2.05) is 6.08 Å². The highest BCUT2D eigenvalue weighted by atomic mass is 35.5. The Morgan fingerprint density at radius 2 is 1.72 bits per heavy atom. The largest absolute Gasteiger partial charge is 0.508 e. The summed E-state index contributed by atoms with van der Waals surface area (Å²) in [5.74, 6) is -5.94. The molecular weight excluding hydrogens is 627 g/mol. The predicted octanol–water partition coefficient (Wildman–Crippen LogP) is 5.37. The Morgan fingerprint density at radius 1 is 0.979 bits per heavy atom. The summed E-state index contributed by atoms with van der Waals surface area (Å²) in [6.07, 6.45) is 2.70. The Morgan fingerprint density at radius 3 is 2.43 bits per heavy atom. The van der Waals surface area contributed by atoms with Gasteiger partial charge in [0.2, 0.25) is 23.6 Å². The number of carbonyl (C=O) groups excluding carboxylic acids is 4. The molecule has 2 heterocycles. The van der Waals surface area contributed by atoms with E-state index in [2.05, 4.69) is 0 Å². The standard InChI is InChI=1S/C36H32ClFN2O7/c1-36-25(33(44)40(35(36)46)19-8-13-27(38)26(37)16-19)17-24-21(30(36)23-4-3-5-28(47-2)31(23)42)11-12-22-29(24)34(45)39(32(22)43)15-14-18-6-9-20(41)10-7-18/h3-11,13,16,22,24-25,29-30,41-42H,12,14-15,17H2,1-2H3/t22-,24+,25-,29-,30+,36+/m0/s1. The number of phenols is 2. The number of anilines is 1. The van der Waals surface area contributed by atoms with Gasteiger partial charge in [-0.05, 0) is 74.1 Å². The Hall–Kier alpha value is -4.70. The highest BCUT2D eigenvalue weighted by Crippen LogP contribution is 2.64. The molecule has 2 aliphatic carbocycles. The number of allylic oxidation sites excluding steroid dienone is 2. The number of phenolic OH excluding ortho intramolecular Hbond substituents is 2. The minimum absolute atomic E-state index is 0.119. The van der Waals surface area contributed by atoms with Crippen molar-refractivity contribution in [3.8, 4) is 17.2 Å². The Bertz CT molecular complexity index is 1880. The zero-order valence-corrected chi connectivity index (χ0v) is 26.4. The zero-order valence-electron chi connectivity index (χ0n) is 25.7. The van der Waals surface area contributed by atoms with Crippen LogP contribution in [-0.4, -0.2) is 52.4 Å². The van der Waals surface area contributed by atoms with Crippen LogP contribution in [0.1, 0.15) is 36.8 Å². The molecule has 6 atom stereocenters. The van der Waals surface area contributed by atoms with Gasteiger partial charge in [-0.25, -0.2) is 9.29 Å². The Kier molecular flexibility index (Phi) is 7.39. The minimum Gasteiger partial charge on any atom is -0.508 e. The molecule has 3 aromatic carbocycles. The lowest BCUT2D eigenvalue weighted by molar-refractivity contribution is -0.140. The summed E-state index contributed by atoms with van der Waals surface area (Å²) in [6, 6.07) is 15.2. The van der Waals surface area contributed by atoms with E-state index in [-0.39, 0.29) is 59.2 Å². The third-order valence-corrected chi connectivity index (χ3v) is 10.9. The molecule has 47 heavy (non-hydrogen) atoms. The van der Waals surface area contributed by atoms with E-state index in [9.17, 15) is 33.8 Å². The fraction of sp³-hybridized carbons (Fsp3) is 0.333. The van der Waals surface area contributed by atoms with Crippen LogP contribution >= 0.6 is 11.6 Å². The number of para-hydroxylation sites is 1. The summed E-state index contributed by atoms with van der Waals surface area (Å²) in [6.45, 7) is 1.86. The van der Waals surface area contributed by atoms with Gasteiger partial charge in [0.15, 0.2) is 11.5 Å². The molecular formula is C36H32ClFN2O7. The van der Waals surface area contributed by atoms with Gasteiger partial charge in [0.1, 0.15) is 11.6 Å². The van der Waals surface area contributed by atoms with Crippen molar-refractivity contribution in [2.24, 2.45) is 29.1 Å². The van der Waals surface area contributed by atoms with Gasteiger partial charge in [-0.15, -0.1) is 0 Å². The normalized spacial score (nSPS) is 28.3. The number of benzene rings is 3. The van der Waals surface area contributed by atoms with E-state index >= 15 is 0 Å². The number of hydrogen-bond acceptors (Lipinski definition) is 7. The molecule has 2 saturated heterocycles. The van der Waals surface area contributed by atoms with E-state index < -0.39 is 52.6 Å². The first-order chi connectivity index (χ1) is 22.5. The third-order valence-electron chi connectivity index (χ3n) is 10.6. The molecule has 0 aromatic heterocycles. The topological polar surface area (TPSA) is 124 Å². The highest BCUT2D eigenvalue weighted by molar-refractivity contribution is 6.31. The van der Waals surface area contributed by atoms with Gasteiger partial charge in [-0.3, -0.25) is 24.1 Å². The maximum atomic E-state index is 14.5. The second kappa shape index (κ2) is 11.2. The van der Waals surface area contributed by atoms with E-state index in [1.165, 1.54) is 24.1 Å². The summed E-state index contributed by atoms with van der Waals surface area (Å²) in [4.78, 5) is 58.9. The second-order valence-corrected chi connectivity index (χ2v) is 13.3. The SMILES string of the molecule is COc1cccc([C@H]2C3=CC[C@@H]4C(=O)N(CCc5ccc(O)cc5)C(=O)[C@@H]4[C@@H]3C[C@H]3C(=O)N(c4ccc(F)c(Cl)c4)C(=O)[C@@]23C)c1O. The number of methoxy groups -OCH3 is 1. The smallest absolute Gasteiger partial charge is 0.241 e. The van der Waals surface area contributed by atoms with Gasteiger partial charge in [0, 0.05) is 18.0 Å². The van der Waals surface area contributed by atoms with Crippen molar-refractivity contribution < 1.29 is 38.5 Å². The van der Waals surface area contributed by atoms with E-state index in [0.717, 1.165) is 22.1 Å². The number of carbonyl (C=O) groups is 4. The van der Waals surface area contributed by atoms with Crippen LogP contribution in [-0.2, 0) is 25.6 Å². The number of rotatable bonds is 6. The van der Waals surface area contributed by atoms with Crippen LogP contribution in [0.3, 0.4) is 0 Å². The molecule has 9 nitrogen and oxygen atoms in total. The number of hydrogen-bond donors (Lipinski definition) is 2. The third kappa shape index (κ3) is 4.56. The van der Waals surface area contributed by atoms with Crippen molar-refractivity contribution in [2.45, 2.75) is 32.1 Å². The fourth-order valence-electron chi connectivity index (χ4n) is 8.36. The van der Waals surface area contributed by atoms with E-state index in [4.69, 9.17) is 16.3 Å². The van der Waals surface area contributed by atoms with Crippen molar-refractivity contribution in [3.63, 3.8) is 0 Å². The van der Waals surface area contributed by atoms with Crippen molar-refractivity contribution in [3.05, 3.63) is 94.3 Å². The number of halogens is 2. The van der Waals surface area contributed by atoms with Crippen LogP contribution in [0.15, 0.2) is 72.3 Å². The van der Waals surface area contributed by atoms with Crippen LogP contribution in [0, 0.1) is 34.9 Å². The number of amides is 4. The number of aromatic hydroxyl groups is 2. The molecule has 3 fully saturated rings. The number of likely N-dealkylation sites (tertiary alicyclic amines) is 1. The quantitative estimate of drug-likeness (QED) is 0.270. The molecule has 242 valence electrons. The number of imide groups is 2. The molecule has 3 aromatic rings. The number of nitrogens with zero attached hydrogens (tertiary/aromatic N) is 2. The van der Waals surface area contributed by atoms with Crippen LogP contribution in [0.4, 0.5) is 10.1 Å². The van der Waals surface area contributed by atoms with Gasteiger partial charge < -0.3 is 14.9 Å². The highest BCUT2D eigenvalue weighted by Gasteiger charge is 2.68. The predicted molar refractivity (Wildman–Crippen MR) is 169 cm³/mol. The second-order valence-electron chi connectivity index (χ2n) is 12.9. The fourth-order valence-corrected chi connectivity index (χ4v) is 8.53. The van der Waals surface area contributed by atoms with Gasteiger partial charge >= 0.3 is 0 Å². The maximum absolute atomic E-state index is 14.5. The Balaban J connectivity index is 1.31. The van der Waals surface area contributed by atoms with E-state index in [1.54, 1.807) is 49.4 Å². The lowest BCUT2D eigenvalue weighted by Gasteiger charge is -2.49. The lowest BCUT2D eigenvalue weighted by Crippen LogP contribution is -2.49. The average molecular weight is 659 g/mol. The van der Waals surface area contributed by atoms with Crippen LogP contribution in [0.2, 0.25) is 5.02 Å². The molecule has 0 bridgehead atoms. The van der Waals surface area contributed by atoms with Gasteiger partial charge in [-0.2, -0.15) is 0 Å². The first kappa shape index (κ1) is 30.9. The molecule has 2 aliphatic heterocycles. The van der Waals surface area contributed by atoms with Gasteiger partial charge in [0.05, 0.1) is 41.0 Å². The van der Waals surface area contributed by atoms with Gasteiger partial charge in [-0.1, -0.05) is 47.5 Å². The van der Waals surface area contributed by atoms with E-state index in [0.29, 0.717) is 12.0 Å². The first-order valence-corrected chi connectivity index (χ1v) is 15.9. The molecule has 0 radical (unpaired) electrons. The van der Waals surface area contributed by atoms with Crippen LogP contribution in [0.25, 0.3) is 0 Å². The molecule has 2 N–H and O–H groups in total. The monoisotopic (exact) mass is 658 g/mol. The van der Waals surface area contributed by atoms with Crippen molar-refractivity contribution >= 4 is 40.9 Å². The maximum Gasteiger partial charge on any atom is 0.241 e. The number of fused-ring (bicyclic) bond motifs is 4. The molecule has 4 aliphatic rings. The summed E-state index contributed by atoms with van der Waals surface area (Å²) >= 11 is 6.06. The number of ether oxygens (including phenoxy) is 1. The Labute approximate surface area is 275 Å². The minimum atomic E-state index is -1.40. The van der Waals surface area contributed by atoms with Crippen LogP contribution in [0.5, 0.6) is 17.2 Å². The zero-order chi connectivity index (χ0) is 33.4. The lowest BCUT2D eigenvalue weighted by atomic mass is 9.51. The van der Waals surface area contributed by atoms with Crippen molar-refractivity contribution in [1.29, 1.82) is 0 Å². The van der Waals surface area contributed by atoms with Crippen molar-refractivity contribution in [2.75, 3.05) is 18.6 Å². The summed E-state index contributed by atoms with van der Waals surface area (Å²) in [5.41, 5.74) is 0.664. The molecule has 7 rings (SSSR count). The summed E-state index contributed by atoms with van der Waals surface area (Å²) < 4.78 is 19.5. The van der Waals surface area contributed by atoms with Crippen molar-refractivity contribution in [1.82, 2.24) is 4.90 Å². The molecule has 11 heteroatoms. The average Bonchev–Trinajstić information content (AvgIpc) is 3.41.